The predicted molar refractivity (Wildman–Crippen MR) is 75.6 cm³/mol. The fourth-order valence-corrected chi connectivity index (χ4v) is 2.35. The van der Waals surface area contributed by atoms with E-state index >= 15 is 0 Å². The summed E-state index contributed by atoms with van der Waals surface area (Å²) in [5, 5.41) is 0. The molecule has 0 bridgehead atoms. The number of hydrogen-bond acceptors (Lipinski definition) is 2. The lowest BCUT2D eigenvalue weighted by atomic mass is 9.94. The minimum Gasteiger partial charge on any atom is -0.319 e. The van der Waals surface area contributed by atoms with Gasteiger partial charge in [0, 0.05) is 6.20 Å². The number of aromatic nitrogens is 1. The largest absolute Gasteiger partial charge is 0.319 e. The van der Waals surface area contributed by atoms with Crippen LogP contribution in [-0.4, -0.2) is 4.98 Å². The van der Waals surface area contributed by atoms with Crippen LogP contribution in [0.25, 0.3) is 0 Å². The Morgan fingerprint density at radius 1 is 1.22 bits per heavy atom. The third kappa shape index (κ3) is 2.44. The third-order valence-electron chi connectivity index (χ3n) is 3.36. The van der Waals surface area contributed by atoms with Gasteiger partial charge in [-0.2, -0.15) is 0 Å². The average molecular weight is 240 g/mol. The Labute approximate surface area is 109 Å². The van der Waals surface area contributed by atoms with Crippen molar-refractivity contribution in [2.24, 2.45) is 5.73 Å². The summed E-state index contributed by atoms with van der Waals surface area (Å²) in [6.07, 6.45) is 2.78. The van der Waals surface area contributed by atoms with E-state index in [1.807, 2.05) is 12.3 Å². The molecule has 0 aliphatic rings. The van der Waals surface area contributed by atoms with E-state index in [1.165, 1.54) is 16.7 Å². The van der Waals surface area contributed by atoms with Crippen LogP contribution in [0.1, 0.15) is 40.9 Å². The molecule has 2 heteroatoms. The van der Waals surface area contributed by atoms with Gasteiger partial charge in [0.05, 0.1) is 11.7 Å². The van der Waals surface area contributed by atoms with Gasteiger partial charge >= 0.3 is 0 Å². The van der Waals surface area contributed by atoms with Crippen LogP contribution in [0.2, 0.25) is 0 Å². The van der Waals surface area contributed by atoms with E-state index in [0.29, 0.717) is 0 Å². The van der Waals surface area contributed by atoms with E-state index in [2.05, 4.69) is 50.0 Å². The molecule has 0 spiro atoms. The topological polar surface area (TPSA) is 38.9 Å². The number of aryl methyl sites for hydroxylation is 3. The average Bonchev–Trinajstić information content (AvgIpc) is 2.38. The molecule has 94 valence electrons. The molecule has 2 N–H and O–H groups in total. The maximum atomic E-state index is 6.38. The molecule has 2 aromatic rings. The van der Waals surface area contributed by atoms with E-state index < -0.39 is 0 Å². The van der Waals surface area contributed by atoms with E-state index in [9.17, 15) is 0 Å². The zero-order chi connectivity index (χ0) is 13.1. The molecule has 0 saturated carbocycles. The van der Waals surface area contributed by atoms with Crippen molar-refractivity contribution in [2.45, 2.75) is 33.2 Å². The molecular formula is C16H20N2. The van der Waals surface area contributed by atoms with Crippen LogP contribution in [-0.2, 0) is 6.42 Å². The number of nitrogens with two attached hydrogens (primary N) is 1. The van der Waals surface area contributed by atoms with Crippen LogP contribution < -0.4 is 5.73 Å². The van der Waals surface area contributed by atoms with Gasteiger partial charge in [0.1, 0.15) is 0 Å². The Kier molecular flexibility index (Phi) is 3.78. The molecule has 0 radical (unpaired) electrons. The van der Waals surface area contributed by atoms with Gasteiger partial charge in [-0.25, -0.2) is 0 Å². The van der Waals surface area contributed by atoms with Crippen LogP contribution in [0.3, 0.4) is 0 Å². The molecule has 1 aromatic carbocycles. The van der Waals surface area contributed by atoms with Crippen molar-refractivity contribution in [3.63, 3.8) is 0 Å². The summed E-state index contributed by atoms with van der Waals surface area (Å²) < 4.78 is 0. The van der Waals surface area contributed by atoms with Gasteiger partial charge in [0.15, 0.2) is 0 Å². The van der Waals surface area contributed by atoms with Crippen molar-refractivity contribution in [3.8, 4) is 0 Å². The van der Waals surface area contributed by atoms with Crippen LogP contribution >= 0.6 is 0 Å². The fourth-order valence-electron chi connectivity index (χ4n) is 2.35. The van der Waals surface area contributed by atoms with Crippen molar-refractivity contribution in [3.05, 3.63) is 64.5 Å². The molecule has 1 aromatic heterocycles. The number of nitrogens with zero attached hydrogens (tertiary/aromatic N) is 1. The van der Waals surface area contributed by atoms with Crippen LogP contribution in [0.5, 0.6) is 0 Å². The molecule has 1 unspecified atom stereocenters. The zero-order valence-electron chi connectivity index (χ0n) is 11.3. The molecule has 0 saturated heterocycles. The first-order valence-electron chi connectivity index (χ1n) is 6.40. The molecule has 2 rings (SSSR count). The van der Waals surface area contributed by atoms with E-state index in [4.69, 9.17) is 5.73 Å². The maximum absolute atomic E-state index is 6.38. The normalized spacial score (nSPS) is 12.4. The monoisotopic (exact) mass is 240 g/mol. The number of benzene rings is 1. The molecule has 0 aliphatic carbocycles. The zero-order valence-corrected chi connectivity index (χ0v) is 11.3. The summed E-state index contributed by atoms with van der Waals surface area (Å²) in [4.78, 5) is 4.46. The van der Waals surface area contributed by atoms with Gasteiger partial charge in [0.2, 0.25) is 0 Å². The van der Waals surface area contributed by atoms with Gasteiger partial charge in [-0.1, -0.05) is 36.8 Å². The van der Waals surface area contributed by atoms with Gasteiger partial charge in [-0.15, -0.1) is 0 Å². The summed E-state index contributed by atoms with van der Waals surface area (Å²) in [6, 6.07) is 10.3. The highest BCUT2D eigenvalue weighted by molar-refractivity contribution is 5.38. The number of rotatable bonds is 3. The summed E-state index contributed by atoms with van der Waals surface area (Å²) in [5.41, 5.74) is 12.3. The van der Waals surface area contributed by atoms with Crippen LogP contribution in [0.4, 0.5) is 0 Å². The summed E-state index contributed by atoms with van der Waals surface area (Å²) in [5.74, 6) is 0. The fraction of sp³-hybridized carbons (Fsp3) is 0.312. The summed E-state index contributed by atoms with van der Waals surface area (Å²) in [6.45, 7) is 6.34. The van der Waals surface area contributed by atoms with Gasteiger partial charge in [0.25, 0.3) is 0 Å². The first kappa shape index (κ1) is 12.8. The van der Waals surface area contributed by atoms with E-state index in [0.717, 1.165) is 17.7 Å². The first-order valence-corrected chi connectivity index (χ1v) is 6.40. The molecule has 1 atom stereocenters. The third-order valence-corrected chi connectivity index (χ3v) is 3.36. The highest BCUT2D eigenvalue weighted by Crippen LogP contribution is 2.24. The predicted octanol–water partition coefficient (Wildman–Crippen LogP) is 3.31. The highest BCUT2D eigenvalue weighted by Gasteiger charge is 2.15. The maximum Gasteiger partial charge on any atom is 0.0731 e. The van der Waals surface area contributed by atoms with Crippen molar-refractivity contribution < 1.29 is 0 Å². The summed E-state index contributed by atoms with van der Waals surface area (Å²) >= 11 is 0. The second-order valence-electron chi connectivity index (χ2n) is 4.74. The number of pyridine rings is 1. The van der Waals surface area contributed by atoms with E-state index in [-0.39, 0.29) is 6.04 Å². The van der Waals surface area contributed by atoms with Crippen LogP contribution in [0, 0.1) is 13.8 Å². The van der Waals surface area contributed by atoms with Crippen LogP contribution in [0.15, 0.2) is 36.5 Å². The lowest BCUT2D eigenvalue weighted by molar-refractivity contribution is 0.799. The van der Waals surface area contributed by atoms with Gasteiger partial charge in [-0.3, -0.25) is 4.98 Å². The minimum absolute atomic E-state index is 0.137. The van der Waals surface area contributed by atoms with Crippen molar-refractivity contribution in [1.29, 1.82) is 0 Å². The molecule has 2 nitrogen and oxygen atoms in total. The molecule has 1 heterocycles. The van der Waals surface area contributed by atoms with Crippen molar-refractivity contribution >= 4 is 0 Å². The van der Waals surface area contributed by atoms with E-state index in [1.54, 1.807) is 0 Å². The molecule has 18 heavy (non-hydrogen) atoms. The molecule has 0 aliphatic heterocycles. The Hall–Kier alpha value is -1.67. The smallest absolute Gasteiger partial charge is 0.0731 e. The minimum atomic E-state index is -0.137. The Balaban J connectivity index is 2.44. The van der Waals surface area contributed by atoms with Crippen molar-refractivity contribution in [1.82, 2.24) is 4.98 Å². The second kappa shape index (κ2) is 5.32. The Morgan fingerprint density at radius 2 is 2.00 bits per heavy atom. The SMILES string of the molecule is CCc1cccnc1C(N)c1ccc(C)cc1C. The second-order valence-corrected chi connectivity index (χ2v) is 4.74. The molecule has 0 fully saturated rings. The number of hydrogen-bond donors (Lipinski definition) is 1. The highest BCUT2D eigenvalue weighted by atomic mass is 14.8. The lowest BCUT2D eigenvalue weighted by Gasteiger charge is -2.17. The summed E-state index contributed by atoms with van der Waals surface area (Å²) in [7, 11) is 0. The molecule has 0 amide bonds. The van der Waals surface area contributed by atoms with Crippen molar-refractivity contribution in [2.75, 3.05) is 0 Å². The van der Waals surface area contributed by atoms with Gasteiger partial charge < -0.3 is 5.73 Å². The standard InChI is InChI=1S/C16H20N2/c1-4-13-6-5-9-18-16(13)15(17)14-8-7-11(2)10-12(14)3/h5-10,15H,4,17H2,1-3H3. The van der Waals surface area contributed by atoms with Gasteiger partial charge in [-0.05, 0) is 43.0 Å². The lowest BCUT2D eigenvalue weighted by Crippen LogP contribution is -2.17. The molecular weight excluding hydrogens is 220 g/mol. The Bertz CT molecular complexity index is 547. The Morgan fingerprint density at radius 3 is 2.67 bits per heavy atom. The first-order chi connectivity index (χ1) is 8.63. The quantitative estimate of drug-likeness (QED) is 0.894.